The third-order valence-electron chi connectivity index (χ3n) is 4.24. The van der Waals surface area contributed by atoms with E-state index < -0.39 is 12.0 Å². The van der Waals surface area contributed by atoms with Crippen LogP contribution < -0.4 is 10.1 Å². The fourth-order valence-corrected chi connectivity index (χ4v) is 2.97. The number of nitrogens with one attached hydrogen (secondary N) is 2. The summed E-state index contributed by atoms with van der Waals surface area (Å²) in [7, 11) is 0. The standard InChI is InChI=1S/C21H24N2O3/c1-14(2)26-17-9-7-15(8-10-17)12-22-20(21(24)25)11-16-13-23-19-6-4-3-5-18(16)19/h3-10,13-14,20,22-23H,11-12H2,1-2H3,(H,24,25)/t20-/m1/s1. The zero-order chi connectivity index (χ0) is 18.5. The highest BCUT2D eigenvalue weighted by atomic mass is 16.5. The van der Waals surface area contributed by atoms with Crippen molar-refractivity contribution in [2.45, 2.75) is 39.0 Å². The average Bonchev–Trinajstić information content (AvgIpc) is 3.02. The summed E-state index contributed by atoms with van der Waals surface area (Å²) in [6, 6.07) is 15.0. The van der Waals surface area contributed by atoms with E-state index in [0.717, 1.165) is 27.8 Å². The second-order valence-corrected chi connectivity index (χ2v) is 6.65. The summed E-state index contributed by atoms with van der Waals surface area (Å²) in [4.78, 5) is 14.9. The van der Waals surface area contributed by atoms with Gasteiger partial charge in [-0.1, -0.05) is 30.3 Å². The molecule has 0 saturated heterocycles. The Bertz CT molecular complexity index is 868. The lowest BCUT2D eigenvalue weighted by Gasteiger charge is -2.15. The average molecular weight is 352 g/mol. The number of carboxylic acids is 1. The first kappa shape index (κ1) is 18.0. The number of ether oxygens (including phenoxy) is 1. The highest BCUT2D eigenvalue weighted by Gasteiger charge is 2.19. The molecule has 26 heavy (non-hydrogen) atoms. The minimum absolute atomic E-state index is 0.131. The predicted molar refractivity (Wildman–Crippen MR) is 102 cm³/mol. The second kappa shape index (κ2) is 8.06. The third-order valence-corrected chi connectivity index (χ3v) is 4.24. The molecule has 3 N–H and O–H groups in total. The number of aromatic nitrogens is 1. The van der Waals surface area contributed by atoms with Crippen LogP contribution in [0.2, 0.25) is 0 Å². The van der Waals surface area contributed by atoms with E-state index in [1.54, 1.807) is 0 Å². The largest absolute Gasteiger partial charge is 0.491 e. The van der Waals surface area contributed by atoms with Crippen molar-refractivity contribution in [2.75, 3.05) is 0 Å². The van der Waals surface area contributed by atoms with Crippen molar-refractivity contribution in [3.63, 3.8) is 0 Å². The van der Waals surface area contributed by atoms with Crippen LogP contribution >= 0.6 is 0 Å². The molecule has 1 atom stereocenters. The summed E-state index contributed by atoms with van der Waals surface area (Å²) in [6.07, 6.45) is 2.44. The van der Waals surface area contributed by atoms with E-state index in [1.807, 2.05) is 68.6 Å². The van der Waals surface area contributed by atoms with Gasteiger partial charge in [0, 0.05) is 30.1 Å². The van der Waals surface area contributed by atoms with Crippen molar-refractivity contribution >= 4 is 16.9 Å². The zero-order valence-electron chi connectivity index (χ0n) is 15.0. The molecule has 0 aliphatic heterocycles. The third kappa shape index (κ3) is 4.43. The van der Waals surface area contributed by atoms with Gasteiger partial charge in [-0.05, 0) is 43.2 Å². The smallest absolute Gasteiger partial charge is 0.321 e. The number of aliphatic carboxylic acids is 1. The predicted octanol–water partition coefficient (Wildman–Crippen LogP) is 3.74. The maximum atomic E-state index is 11.7. The molecule has 1 heterocycles. The SMILES string of the molecule is CC(C)Oc1ccc(CN[C@H](Cc2c[nH]c3ccccc23)C(=O)O)cc1. The number of para-hydroxylation sites is 1. The van der Waals surface area contributed by atoms with Gasteiger partial charge in [0.25, 0.3) is 0 Å². The van der Waals surface area contributed by atoms with E-state index >= 15 is 0 Å². The van der Waals surface area contributed by atoms with Crippen LogP contribution in [0.1, 0.15) is 25.0 Å². The lowest BCUT2D eigenvalue weighted by atomic mass is 10.0. The van der Waals surface area contributed by atoms with Crippen LogP contribution in [-0.2, 0) is 17.8 Å². The van der Waals surface area contributed by atoms with Crippen molar-refractivity contribution < 1.29 is 14.6 Å². The summed E-state index contributed by atoms with van der Waals surface area (Å²) in [5.41, 5.74) is 3.04. The van der Waals surface area contributed by atoms with Crippen LogP contribution in [0.3, 0.4) is 0 Å². The normalized spacial score (nSPS) is 12.4. The lowest BCUT2D eigenvalue weighted by Crippen LogP contribution is -2.38. The van der Waals surface area contributed by atoms with Gasteiger partial charge in [-0.2, -0.15) is 0 Å². The van der Waals surface area contributed by atoms with E-state index in [0.29, 0.717) is 13.0 Å². The maximum Gasteiger partial charge on any atom is 0.321 e. The minimum Gasteiger partial charge on any atom is -0.491 e. The molecule has 0 unspecified atom stereocenters. The Morgan fingerprint density at radius 1 is 1.15 bits per heavy atom. The molecule has 0 bridgehead atoms. The molecule has 0 aliphatic rings. The lowest BCUT2D eigenvalue weighted by molar-refractivity contribution is -0.139. The molecular weight excluding hydrogens is 328 g/mol. The summed E-state index contributed by atoms with van der Waals surface area (Å²) >= 11 is 0. The first-order chi connectivity index (χ1) is 12.5. The van der Waals surface area contributed by atoms with Crippen molar-refractivity contribution in [3.8, 4) is 5.75 Å². The van der Waals surface area contributed by atoms with Crippen LogP contribution in [0.4, 0.5) is 0 Å². The van der Waals surface area contributed by atoms with Gasteiger partial charge < -0.3 is 20.1 Å². The molecule has 3 rings (SSSR count). The summed E-state index contributed by atoms with van der Waals surface area (Å²) in [6.45, 7) is 4.45. The quantitative estimate of drug-likeness (QED) is 0.577. The van der Waals surface area contributed by atoms with Gasteiger partial charge in [0.15, 0.2) is 0 Å². The number of carbonyl (C=O) groups is 1. The van der Waals surface area contributed by atoms with E-state index in [9.17, 15) is 9.90 Å². The van der Waals surface area contributed by atoms with E-state index in [2.05, 4.69) is 10.3 Å². The molecule has 0 radical (unpaired) electrons. The van der Waals surface area contributed by atoms with Crippen LogP contribution in [0.15, 0.2) is 54.7 Å². The molecule has 1 aromatic heterocycles. The summed E-state index contributed by atoms with van der Waals surface area (Å²) in [5.74, 6) is -0.0348. The number of benzene rings is 2. The van der Waals surface area contributed by atoms with Gasteiger partial charge in [-0.15, -0.1) is 0 Å². The highest BCUT2D eigenvalue weighted by molar-refractivity contribution is 5.84. The van der Waals surface area contributed by atoms with Crippen LogP contribution in [-0.4, -0.2) is 28.2 Å². The van der Waals surface area contributed by atoms with E-state index in [-0.39, 0.29) is 6.10 Å². The molecule has 0 spiro atoms. The van der Waals surface area contributed by atoms with Crippen LogP contribution in [0.5, 0.6) is 5.75 Å². The van der Waals surface area contributed by atoms with Crippen molar-refractivity contribution in [1.82, 2.24) is 10.3 Å². The monoisotopic (exact) mass is 352 g/mol. The number of fused-ring (bicyclic) bond motifs is 1. The van der Waals surface area contributed by atoms with Gasteiger partial charge >= 0.3 is 5.97 Å². The molecule has 2 aromatic carbocycles. The Kier molecular flexibility index (Phi) is 5.58. The number of rotatable bonds is 8. The molecule has 5 nitrogen and oxygen atoms in total. The summed E-state index contributed by atoms with van der Waals surface area (Å²) < 4.78 is 5.63. The van der Waals surface area contributed by atoms with Crippen LogP contribution in [0, 0.1) is 0 Å². The number of aromatic amines is 1. The molecule has 3 aromatic rings. The first-order valence-corrected chi connectivity index (χ1v) is 8.79. The molecule has 0 fully saturated rings. The Balaban J connectivity index is 1.64. The number of hydrogen-bond donors (Lipinski definition) is 3. The molecule has 0 saturated carbocycles. The molecule has 0 amide bonds. The number of hydrogen-bond acceptors (Lipinski definition) is 3. The van der Waals surface area contributed by atoms with E-state index in [4.69, 9.17) is 4.74 Å². The number of carboxylic acid groups (broad SMARTS) is 1. The van der Waals surface area contributed by atoms with Gasteiger partial charge in [-0.3, -0.25) is 4.79 Å². The Morgan fingerprint density at radius 3 is 2.58 bits per heavy atom. The van der Waals surface area contributed by atoms with Gasteiger partial charge in [-0.25, -0.2) is 0 Å². The first-order valence-electron chi connectivity index (χ1n) is 8.79. The topological polar surface area (TPSA) is 74.3 Å². The fourth-order valence-electron chi connectivity index (χ4n) is 2.97. The fraction of sp³-hybridized carbons (Fsp3) is 0.286. The van der Waals surface area contributed by atoms with Gasteiger partial charge in [0.1, 0.15) is 11.8 Å². The molecular formula is C21H24N2O3. The Hall–Kier alpha value is -2.79. The highest BCUT2D eigenvalue weighted by Crippen LogP contribution is 2.19. The summed E-state index contributed by atoms with van der Waals surface area (Å²) in [5, 5.41) is 13.8. The van der Waals surface area contributed by atoms with Crippen molar-refractivity contribution in [2.24, 2.45) is 0 Å². The van der Waals surface area contributed by atoms with Crippen molar-refractivity contribution in [1.29, 1.82) is 0 Å². The Morgan fingerprint density at radius 2 is 1.88 bits per heavy atom. The Labute approximate surface area is 153 Å². The molecule has 136 valence electrons. The van der Waals surface area contributed by atoms with Gasteiger partial charge in [0.05, 0.1) is 6.10 Å². The molecule has 5 heteroatoms. The van der Waals surface area contributed by atoms with Crippen LogP contribution in [0.25, 0.3) is 10.9 Å². The maximum absolute atomic E-state index is 11.7. The zero-order valence-corrected chi connectivity index (χ0v) is 15.0. The molecule has 0 aliphatic carbocycles. The number of H-pyrrole nitrogens is 1. The second-order valence-electron chi connectivity index (χ2n) is 6.65. The van der Waals surface area contributed by atoms with Gasteiger partial charge in [0.2, 0.25) is 0 Å². The van der Waals surface area contributed by atoms with Crippen molar-refractivity contribution in [3.05, 3.63) is 65.9 Å². The minimum atomic E-state index is -0.852. The van der Waals surface area contributed by atoms with E-state index in [1.165, 1.54) is 0 Å².